The Morgan fingerprint density at radius 1 is 1.37 bits per heavy atom. The monoisotopic (exact) mass is 282 g/mol. The summed E-state index contributed by atoms with van der Waals surface area (Å²) in [4.78, 5) is 10.9. The van der Waals surface area contributed by atoms with E-state index in [-0.39, 0.29) is 11.4 Å². The largest absolute Gasteiger partial charge is 0.468 e. The van der Waals surface area contributed by atoms with Gasteiger partial charge in [0.2, 0.25) is 10.0 Å². The van der Waals surface area contributed by atoms with Crippen LogP contribution in [0.3, 0.4) is 0 Å². The Kier molecular flexibility index (Phi) is 5.51. The quantitative estimate of drug-likeness (QED) is 0.570. The van der Waals surface area contributed by atoms with Gasteiger partial charge in [-0.1, -0.05) is 11.8 Å². The molecular formula is C12H14N2O4S. The molecule has 0 aliphatic carbocycles. The minimum Gasteiger partial charge on any atom is -0.468 e. The van der Waals surface area contributed by atoms with Gasteiger partial charge < -0.3 is 10.5 Å². The number of carbonyl (C=O) groups is 1. The Balaban J connectivity index is 2.82. The van der Waals surface area contributed by atoms with Gasteiger partial charge in [0.15, 0.2) is 0 Å². The van der Waals surface area contributed by atoms with E-state index in [0.29, 0.717) is 5.56 Å². The molecule has 0 saturated heterocycles. The first-order chi connectivity index (χ1) is 8.99. The lowest BCUT2D eigenvalue weighted by Gasteiger charge is -2.05. The zero-order valence-corrected chi connectivity index (χ0v) is 11.2. The number of rotatable bonds is 4. The van der Waals surface area contributed by atoms with Crippen molar-refractivity contribution in [3.05, 3.63) is 29.8 Å². The molecular weight excluding hydrogens is 268 g/mol. The highest BCUT2D eigenvalue weighted by atomic mass is 32.2. The Hall–Kier alpha value is -1.88. The number of nitrogens with two attached hydrogens (primary N) is 1. The average Bonchev–Trinajstić information content (AvgIpc) is 2.43. The maximum atomic E-state index is 11.8. The zero-order valence-electron chi connectivity index (χ0n) is 10.3. The molecule has 1 rings (SSSR count). The van der Waals surface area contributed by atoms with E-state index in [1.54, 1.807) is 12.1 Å². The van der Waals surface area contributed by atoms with E-state index in [1.807, 2.05) is 0 Å². The first-order valence-corrected chi connectivity index (χ1v) is 6.83. The van der Waals surface area contributed by atoms with E-state index in [9.17, 15) is 13.2 Å². The molecule has 0 aliphatic heterocycles. The predicted octanol–water partition coefficient (Wildman–Crippen LogP) is -0.552. The molecule has 0 aliphatic rings. The average molecular weight is 282 g/mol. The van der Waals surface area contributed by atoms with Gasteiger partial charge in [0.25, 0.3) is 0 Å². The van der Waals surface area contributed by atoms with Crippen molar-refractivity contribution in [1.29, 1.82) is 0 Å². The van der Waals surface area contributed by atoms with Crippen molar-refractivity contribution in [1.82, 2.24) is 4.72 Å². The van der Waals surface area contributed by atoms with Gasteiger partial charge >= 0.3 is 5.97 Å². The van der Waals surface area contributed by atoms with Crippen molar-refractivity contribution in [3.63, 3.8) is 0 Å². The maximum absolute atomic E-state index is 11.8. The van der Waals surface area contributed by atoms with Crippen LogP contribution in [0.2, 0.25) is 0 Å². The SMILES string of the molecule is COC(=O)CNS(=O)(=O)c1ccc(C#CCN)cc1. The Morgan fingerprint density at radius 2 is 2.00 bits per heavy atom. The third kappa shape index (κ3) is 4.71. The first kappa shape index (κ1) is 15.2. The van der Waals surface area contributed by atoms with Crippen LogP contribution >= 0.6 is 0 Å². The fourth-order valence-corrected chi connectivity index (χ4v) is 2.15. The molecule has 7 heteroatoms. The molecule has 0 radical (unpaired) electrons. The highest BCUT2D eigenvalue weighted by Crippen LogP contribution is 2.09. The van der Waals surface area contributed by atoms with Crippen LogP contribution in [-0.4, -0.2) is 34.6 Å². The molecule has 0 saturated carbocycles. The van der Waals surface area contributed by atoms with Gasteiger partial charge in [-0.15, -0.1) is 0 Å². The fourth-order valence-electron chi connectivity index (χ4n) is 1.18. The molecule has 0 aromatic heterocycles. The summed E-state index contributed by atoms with van der Waals surface area (Å²) in [6.45, 7) is -0.172. The third-order valence-electron chi connectivity index (χ3n) is 2.13. The van der Waals surface area contributed by atoms with Crippen LogP contribution in [0, 0.1) is 11.8 Å². The van der Waals surface area contributed by atoms with E-state index in [2.05, 4.69) is 21.3 Å². The summed E-state index contributed by atoms with van der Waals surface area (Å²) in [6, 6.07) is 5.94. The number of hydrogen-bond donors (Lipinski definition) is 2. The molecule has 1 aromatic carbocycles. The van der Waals surface area contributed by atoms with Gasteiger partial charge in [0.05, 0.1) is 18.6 Å². The van der Waals surface area contributed by atoms with E-state index in [1.165, 1.54) is 19.2 Å². The summed E-state index contributed by atoms with van der Waals surface area (Å²) >= 11 is 0. The second-order valence-corrected chi connectivity index (χ2v) is 5.20. The summed E-state index contributed by atoms with van der Waals surface area (Å²) < 4.78 is 30.1. The molecule has 102 valence electrons. The molecule has 0 atom stereocenters. The van der Waals surface area contributed by atoms with Crippen LogP contribution in [0.15, 0.2) is 29.2 Å². The maximum Gasteiger partial charge on any atom is 0.320 e. The van der Waals surface area contributed by atoms with Gasteiger partial charge in [0.1, 0.15) is 6.54 Å². The predicted molar refractivity (Wildman–Crippen MR) is 69.6 cm³/mol. The van der Waals surface area contributed by atoms with Gasteiger partial charge in [-0.2, -0.15) is 4.72 Å². The standard InChI is InChI=1S/C12H14N2O4S/c1-18-12(15)9-14-19(16,17)11-6-4-10(5-7-11)3-2-8-13/h4-7,14H,8-9,13H2,1H3. The van der Waals surface area contributed by atoms with Crippen molar-refractivity contribution in [2.75, 3.05) is 20.2 Å². The van der Waals surface area contributed by atoms with Crippen LogP contribution < -0.4 is 10.5 Å². The molecule has 0 fully saturated rings. The van der Waals surface area contributed by atoms with E-state index >= 15 is 0 Å². The van der Waals surface area contributed by atoms with E-state index in [0.717, 1.165) is 0 Å². The molecule has 1 aromatic rings. The normalized spacial score (nSPS) is 10.4. The lowest BCUT2D eigenvalue weighted by molar-refractivity contribution is -0.139. The van der Waals surface area contributed by atoms with Crippen molar-refractivity contribution in [2.45, 2.75) is 4.90 Å². The van der Waals surface area contributed by atoms with E-state index < -0.39 is 22.5 Å². The third-order valence-corrected chi connectivity index (χ3v) is 3.55. The second kappa shape index (κ2) is 6.89. The summed E-state index contributed by atoms with van der Waals surface area (Å²) in [7, 11) is -2.54. The zero-order chi connectivity index (χ0) is 14.3. The number of ether oxygens (including phenoxy) is 1. The number of esters is 1. The number of methoxy groups -OCH3 is 1. The molecule has 0 heterocycles. The van der Waals surface area contributed by atoms with Gasteiger partial charge in [-0.3, -0.25) is 4.79 Å². The number of benzene rings is 1. The molecule has 3 N–H and O–H groups in total. The highest BCUT2D eigenvalue weighted by Gasteiger charge is 2.15. The smallest absolute Gasteiger partial charge is 0.320 e. The first-order valence-electron chi connectivity index (χ1n) is 5.35. The van der Waals surface area contributed by atoms with E-state index in [4.69, 9.17) is 5.73 Å². The van der Waals surface area contributed by atoms with Crippen LogP contribution in [0.5, 0.6) is 0 Å². The van der Waals surface area contributed by atoms with Crippen molar-refractivity contribution >= 4 is 16.0 Å². The molecule has 0 amide bonds. The fraction of sp³-hybridized carbons (Fsp3) is 0.250. The molecule has 0 bridgehead atoms. The Morgan fingerprint density at radius 3 is 2.53 bits per heavy atom. The highest BCUT2D eigenvalue weighted by molar-refractivity contribution is 7.89. The van der Waals surface area contributed by atoms with Gasteiger partial charge in [0, 0.05) is 5.56 Å². The summed E-state index contributed by atoms with van der Waals surface area (Å²) in [5, 5.41) is 0. The Bertz CT molecular complexity index is 597. The summed E-state index contributed by atoms with van der Waals surface area (Å²) in [5.41, 5.74) is 5.90. The second-order valence-electron chi connectivity index (χ2n) is 3.43. The molecule has 0 spiro atoms. The topological polar surface area (TPSA) is 98.5 Å². The molecule has 19 heavy (non-hydrogen) atoms. The summed E-state index contributed by atoms with van der Waals surface area (Å²) in [6.07, 6.45) is 0. The van der Waals surface area contributed by atoms with Crippen LogP contribution in [0.25, 0.3) is 0 Å². The van der Waals surface area contributed by atoms with Gasteiger partial charge in [-0.25, -0.2) is 8.42 Å². The van der Waals surface area contributed by atoms with Crippen LogP contribution in [0.1, 0.15) is 5.56 Å². The lowest BCUT2D eigenvalue weighted by atomic mass is 10.2. The summed E-state index contributed by atoms with van der Waals surface area (Å²) in [5.74, 6) is 4.78. The number of hydrogen-bond acceptors (Lipinski definition) is 5. The van der Waals surface area contributed by atoms with Gasteiger partial charge in [-0.05, 0) is 24.3 Å². The van der Waals surface area contributed by atoms with Crippen LogP contribution in [0.4, 0.5) is 0 Å². The van der Waals surface area contributed by atoms with Crippen molar-refractivity contribution in [3.8, 4) is 11.8 Å². The van der Waals surface area contributed by atoms with Crippen molar-refractivity contribution < 1.29 is 17.9 Å². The minimum atomic E-state index is -3.73. The lowest BCUT2D eigenvalue weighted by Crippen LogP contribution is -2.30. The number of carbonyl (C=O) groups excluding carboxylic acids is 1. The number of nitrogens with one attached hydrogen (secondary N) is 1. The Labute approximate surface area is 112 Å². The molecule has 6 nitrogen and oxygen atoms in total. The van der Waals surface area contributed by atoms with Crippen molar-refractivity contribution in [2.24, 2.45) is 5.73 Å². The molecule has 0 unspecified atom stereocenters. The number of sulfonamides is 1. The van der Waals surface area contributed by atoms with Crippen LogP contribution in [-0.2, 0) is 19.6 Å². The minimum absolute atomic E-state index is 0.0506.